The summed E-state index contributed by atoms with van der Waals surface area (Å²) in [4.78, 5) is 17.7. The predicted octanol–water partition coefficient (Wildman–Crippen LogP) is 4.64. The van der Waals surface area contributed by atoms with Gasteiger partial charge in [0.2, 0.25) is 0 Å². The van der Waals surface area contributed by atoms with Crippen molar-refractivity contribution in [3.05, 3.63) is 59.5 Å². The largest absolute Gasteiger partial charge is 0.417 e. The number of carbonyl (C=O) groups is 1. The summed E-state index contributed by atoms with van der Waals surface area (Å²) in [5.41, 5.74) is 0.455. The highest BCUT2D eigenvalue weighted by atomic mass is 32.2. The molecule has 1 amide bonds. The second-order valence-corrected chi connectivity index (χ2v) is 6.26. The Morgan fingerprint density at radius 1 is 1.24 bits per heavy atom. The number of aromatic nitrogens is 2. The van der Waals surface area contributed by atoms with Crippen LogP contribution in [0.15, 0.2) is 47.5 Å². The van der Waals surface area contributed by atoms with Crippen LogP contribution in [0, 0.1) is 6.92 Å². The molecule has 0 atom stereocenters. The molecule has 2 aromatic heterocycles. The molecule has 0 bridgehead atoms. The number of benzene rings is 1. The van der Waals surface area contributed by atoms with Crippen molar-refractivity contribution in [2.24, 2.45) is 0 Å². The van der Waals surface area contributed by atoms with Crippen LogP contribution in [0.25, 0.3) is 5.65 Å². The van der Waals surface area contributed by atoms with E-state index in [1.165, 1.54) is 22.2 Å². The standard InChI is InChI=1S/C17H14F3N3OS/c1-10-15(16(24)22-12-4-3-5-13(8-12)25-2)23-9-11(17(18,19)20)6-7-14(23)21-10/h3-9H,1-2H3,(H,22,24). The van der Waals surface area contributed by atoms with E-state index in [9.17, 15) is 18.0 Å². The zero-order valence-electron chi connectivity index (χ0n) is 13.4. The second-order valence-electron chi connectivity index (χ2n) is 5.38. The summed E-state index contributed by atoms with van der Waals surface area (Å²) in [7, 11) is 0. The summed E-state index contributed by atoms with van der Waals surface area (Å²) in [6, 6.07) is 9.41. The Morgan fingerprint density at radius 2 is 2.00 bits per heavy atom. The Kier molecular flexibility index (Phi) is 4.47. The molecule has 1 aromatic carbocycles. The van der Waals surface area contributed by atoms with Crippen LogP contribution in [0.5, 0.6) is 0 Å². The lowest BCUT2D eigenvalue weighted by Crippen LogP contribution is -2.16. The molecule has 3 rings (SSSR count). The van der Waals surface area contributed by atoms with Crippen LogP contribution < -0.4 is 5.32 Å². The van der Waals surface area contributed by atoms with E-state index in [-0.39, 0.29) is 11.3 Å². The van der Waals surface area contributed by atoms with Gasteiger partial charge in [-0.25, -0.2) is 4.98 Å². The minimum atomic E-state index is -4.49. The second kappa shape index (κ2) is 6.44. The van der Waals surface area contributed by atoms with Gasteiger partial charge in [-0.3, -0.25) is 9.20 Å². The molecule has 130 valence electrons. The van der Waals surface area contributed by atoms with E-state index in [0.717, 1.165) is 17.2 Å². The highest BCUT2D eigenvalue weighted by molar-refractivity contribution is 7.98. The van der Waals surface area contributed by atoms with Crippen LogP contribution >= 0.6 is 11.8 Å². The summed E-state index contributed by atoms with van der Waals surface area (Å²) < 4.78 is 40.0. The quantitative estimate of drug-likeness (QED) is 0.688. The van der Waals surface area contributed by atoms with Gasteiger partial charge in [0.25, 0.3) is 5.91 Å². The number of aryl methyl sites for hydroxylation is 1. The van der Waals surface area contributed by atoms with Gasteiger partial charge in [0.15, 0.2) is 0 Å². The summed E-state index contributed by atoms with van der Waals surface area (Å²) >= 11 is 1.52. The maximum Gasteiger partial charge on any atom is 0.417 e. The third-order valence-corrected chi connectivity index (χ3v) is 4.39. The van der Waals surface area contributed by atoms with Gasteiger partial charge in [0.1, 0.15) is 11.3 Å². The Hall–Kier alpha value is -2.48. The molecule has 25 heavy (non-hydrogen) atoms. The van der Waals surface area contributed by atoms with Crippen molar-refractivity contribution in [3.63, 3.8) is 0 Å². The fraction of sp³-hybridized carbons (Fsp3) is 0.176. The van der Waals surface area contributed by atoms with Crippen molar-refractivity contribution < 1.29 is 18.0 Å². The molecule has 8 heteroatoms. The molecule has 0 saturated heterocycles. The number of thioether (sulfide) groups is 1. The average molecular weight is 365 g/mol. The molecule has 0 unspecified atom stereocenters. The smallest absolute Gasteiger partial charge is 0.321 e. The number of rotatable bonds is 3. The van der Waals surface area contributed by atoms with Crippen molar-refractivity contribution in [1.82, 2.24) is 9.38 Å². The molecule has 0 spiro atoms. The SMILES string of the molecule is CSc1cccc(NC(=O)c2c(C)nc3ccc(C(F)(F)F)cn23)c1. The highest BCUT2D eigenvalue weighted by Gasteiger charge is 2.31. The number of halogens is 3. The molecule has 0 fully saturated rings. The molecule has 0 aliphatic carbocycles. The number of fused-ring (bicyclic) bond motifs is 1. The molecule has 0 radical (unpaired) electrons. The van der Waals surface area contributed by atoms with E-state index in [1.54, 1.807) is 25.1 Å². The first-order chi connectivity index (χ1) is 11.8. The third-order valence-electron chi connectivity index (χ3n) is 3.66. The van der Waals surface area contributed by atoms with Crippen molar-refractivity contribution >= 4 is 29.0 Å². The Balaban J connectivity index is 2.01. The van der Waals surface area contributed by atoms with Gasteiger partial charge in [0.05, 0.1) is 11.3 Å². The number of imidazole rings is 1. The lowest BCUT2D eigenvalue weighted by Gasteiger charge is -2.09. The van der Waals surface area contributed by atoms with Gasteiger partial charge in [-0.05, 0) is 43.5 Å². The van der Waals surface area contributed by atoms with Crippen molar-refractivity contribution in [1.29, 1.82) is 0 Å². The molecule has 0 aliphatic heterocycles. The van der Waals surface area contributed by atoms with E-state index in [4.69, 9.17) is 0 Å². The number of anilines is 1. The summed E-state index contributed by atoms with van der Waals surface area (Å²) in [6.07, 6.45) is -1.69. The molecule has 4 nitrogen and oxygen atoms in total. The number of nitrogens with zero attached hydrogens (tertiary/aromatic N) is 2. The number of carbonyl (C=O) groups excluding carboxylic acids is 1. The third kappa shape index (κ3) is 3.48. The van der Waals surface area contributed by atoms with Crippen LogP contribution in [0.4, 0.5) is 18.9 Å². The lowest BCUT2D eigenvalue weighted by molar-refractivity contribution is -0.137. The number of alkyl halides is 3. The van der Waals surface area contributed by atoms with Crippen LogP contribution in [0.3, 0.4) is 0 Å². The van der Waals surface area contributed by atoms with Crippen LogP contribution in [-0.4, -0.2) is 21.5 Å². The van der Waals surface area contributed by atoms with Gasteiger partial charge in [-0.1, -0.05) is 6.07 Å². The van der Waals surface area contributed by atoms with E-state index in [2.05, 4.69) is 10.3 Å². The fourth-order valence-corrected chi connectivity index (χ4v) is 2.95. The lowest BCUT2D eigenvalue weighted by atomic mass is 10.2. The molecule has 0 aliphatic rings. The first-order valence-electron chi connectivity index (χ1n) is 7.31. The highest BCUT2D eigenvalue weighted by Crippen LogP contribution is 2.30. The Bertz CT molecular complexity index is 950. The number of amides is 1. The van der Waals surface area contributed by atoms with Gasteiger partial charge >= 0.3 is 6.18 Å². The van der Waals surface area contributed by atoms with Gasteiger partial charge in [-0.15, -0.1) is 11.8 Å². The maximum absolute atomic E-state index is 12.9. The summed E-state index contributed by atoms with van der Waals surface area (Å²) in [5, 5.41) is 2.72. The monoisotopic (exact) mass is 365 g/mol. The fourth-order valence-electron chi connectivity index (χ4n) is 2.49. The van der Waals surface area contributed by atoms with E-state index in [0.29, 0.717) is 11.4 Å². The number of hydrogen-bond donors (Lipinski definition) is 1. The van der Waals surface area contributed by atoms with Gasteiger partial charge in [0, 0.05) is 16.8 Å². The summed E-state index contributed by atoms with van der Waals surface area (Å²) in [5.74, 6) is -0.512. The Morgan fingerprint density at radius 3 is 2.68 bits per heavy atom. The van der Waals surface area contributed by atoms with Crippen LogP contribution in [0.1, 0.15) is 21.7 Å². The molecule has 1 N–H and O–H groups in total. The van der Waals surface area contributed by atoms with Crippen molar-refractivity contribution in [3.8, 4) is 0 Å². The predicted molar refractivity (Wildman–Crippen MR) is 91.1 cm³/mol. The number of pyridine rings is 1. The van der Waals surface area contributed by atoms with E-state index >= 15 is 0 Å². The minimum absolute atomic E-state index is 0.0793. The van der Waals surface area contributed by atoms with Gasteiger partial charge in [-0.2, -0.15) is 13.2 Å². The Labute approximate surface area is 146 Å². The maximum atomic E-state index is 12.9. The molecular weight excluding hydrogens is 351 g/mol. The average Bonchev–Trinajstić information content (AvgIpc) is 2.89. The zero-order valence-corrected chi connectivity index (χ0v) is 14.2. The van der Waals surface area contributed by atoms with E-state index in [1.807, 2.05) is 12.3 Å². The van der Waals surface area contributed by atoms with Gasteiger partial charge < -0.3 is 5.32 Å². The molecule has 2 heterocycles. The minimum Gasteiger partial charge on any atom is -0.321 e. The normalized spacial score (nSPS) is 11.7. The summed E-state index contributed by atoms with van der Waals surface area (Å²) in [6.45, 7) is 1.59. The number of hydrogen-bond acceptors (Lipinski definition) is 3. The van der Waals surface area contributed by atoms with Crippen molar-refractivity contribution in [2.75, 3.05) is 11.6 Å². The van der Waals surface area contributed by atoms with Crippen LogP contribution in [0.2, 0.25) is 0 Å². The first-order valence-corrected chi connectivity index (χ1v) is 8.53. The number of nitrogens with one attached hydrogen (secondary N) is 1. The zero-order chi connectivity index (χ0) is 18.2. The van der Waals surface area contributed by atoms with E-state index < -0.39 is 17.6 Å². The van der Waals surface area contributed by atoms with Crippen molar-refractivity contribution in [2.45, 2.75) is 18.0 Å². The van der Waals surface area contributed by atoms with Crippen LogP contribution in [-0.2, 0) is 6.18 Å². The molecular formula is C17H14F3N3OS. The molecule has 0 saturated carbocycles. The topological polar surface area (TPSA) is 46.4 Å². The molecule has 3 aromatic rings. The first kappa shape index (κ1) is 17.3.